The number of methoxy groups -OCH3 is 1. The molecule has 0 aliphatic carbocycles. The van der Waals surface area contributed by atoms with Crippen LogP contribution in [0.1, 0.15) is 10.4 Å². The number of carbonyl (C=O) groups is 1. The Hall–Kier alpha value is -2.61. The van der Waals surface area contributed by atoms with Crippen molar-refractivity contribution in [2.45, 2.75) is 4.90 Å². The van der Waals surface area contributed by atoms with Gasteiger partial charge < -0.3 is 9.72 Å². The van der Waals surface area contributed by atoms with Crippen LogP contribution in [0.25, 0.3) is 0 Å². The summed E-state index contributed by atoms with van der Waals surface area (Å²) in [6, 6.07) is 8.32. The largest absolute Gasteiger partial charge is 0.465 e. The fourth-order valence-electron chi connectivity index (χ4n) is 1.63. The standard InChI is InChI=1S/C13H12N2O5S/c1-20-13(17)10-4-2-3-5-11(10)15-21(18,19)9-6-7-12(16)14-8-9/h2-8,15H,1H3,(H,14,16). The van der Waals surface area contributed by atoms with Gasteiger partial charge in [0, 0.05) is 12.3 Å². The van der Waals surface area contributed by atoms with Crippen molar-refractivity contribution in [3.05, 3.63) is 58.5 Å². The fourth-order valence-corrected chi connectivity index (χ4v) is 2.67. The molecule has 0 fully saturated rings. The molecule has 2 rings (SSSR count). The Morgan fingerprint density at radius 1 is 1.19 bits per heavy atom. The Morgan fingerprint density at radius 3 is 2.52 bits per heavy atom. The van der Waals surface area contributed by atoms with E-state index in [1.165, 1.54) is 25.3 Å². The summed E-state index contributed by atoms with van der Waals surface area (Å²) in [6.07, 6.45) is 1.07. The third kappa shape index (κ3) is 3.29. The van der Waals surface area contributed by atoms with Crippen LogP contribution in [0.3, 0.4) is 0 Å². The molecule has 21 heavy (non-hydrogen) atoms. The van der Waals surface area contributed by atoms with Gasteiger partial charge in [0.15, 0.2) is 0 Å². The van der Waals surface area contributed by atoms with Gasteiger partial charge in [-0.05, 0) is 18.2 Å². The molecule has 0 atom stereocenters. The number of esters is 1. The van der Waals surface area contributed by atoms with E-state index in [2.05, 4.69) is 14.4 Å². The molecule has 0 aliphatic rings. The molecular weight excluding hydrogens is 296 g/mol. The lowest BCUT2D eigenvalue weighted by Gasteiger charge is -2.11. The average Bonchev–Trinajstić information content (AvgIpc) is 2.47. The number of benzene rings is 1. The number of H-pyrrole nitrogens is 1. The Bertz CT molecular complexity index is 806. The molecule has 0 unspecified atom stereocenters. The molecule has 1 heterocycles. The van der Waals surface area contributed by atoms with Gasteiger partial charge in [-0.3, -0.25) is 9.52 Å². The van der Waals surface area contributed by atoms with E-state index in [0.29, 0.717) is 0 Å². The van der Waals surface area contributed by atoms with Crippen molar-refractivity contribution < 1.29 is 17.9 Å². The molecule has 0 spiro atoms. The second-order valence-corrected chi connectivity index (χ2v) is 5.71. The van der Waals surface area contributed by atoms with Crippen molar-refractivity contribution in [3.8, 4) is 0 Å². The van der Waals surface area contributed by atoms with Crippen LogP contribution in [0.2, 0.25) is 0 Å². The summed E-state index contributed by atoms with van der Waals surface area (Å²) in [4.78, 5) is 24.7. The van der Waals surface area contributed by atoms with E-state index in [-0.39, 0.29) is 16.1 Å². The summed E-state index contributed by atoms with van der Waals surface area (Å²) < 4.78 is 31.3. The second-order valence-electron chi connectivity index (χ2n) is 4.03. The summed E-state index contributed by atoms with van der Waals surface area (Å²) in [5.74, 6) is -0.658. The number of ether oxygens (including phenoxy) is 1. The molecule has 0 aliphatic heterocycles. The van der Waals surface area contributed by atoms with Crippen LogP contribution < -0.4 is 10.3 Å². The van der Waals surface area contributed by atoms with Crippen molar-refractivity contribution in [2.75, 3.05) is 11.8 Å². The highest BCUT2D eigenvalue weighted by Crippen LogP contribution is 2.20. The third-order valence-electron chi connectivity index (χ3n) is 2.64. The van der Waals surface area contributed by atoms with E-state index in [9.17, 15) is 18.0 Å². The highest BCUT2D eigenvalue weighted by Gasteiger charge is 2.18. The summed E-state index contributed by atoms with van der Waals surface area (Å²) in [6.45, 7) is 0. The van der Waals surface area contributed by atoms with Gasteiger partial charge in [-0.2, -0.15) is 0 Å². The van der Waals surface area contributed by atoms with Gasteiger partial charge in [-0.15, -0.1) is 0 Å². The van der Waals surface area contributed by atoms with Crippen LogP contribution in [0.4, 0.5) is 5.69 Å². The summed E-state index contributed by atoms with van der Waals surface area (Å²) in [7, 11) is -2.72. The maximum atomic E-state index is 12.2. The number of aromatic amines is 1. The smallest absolute Gasteiger partial charge is 0.339 e. The number of pyridine rings is 1. The normalized spacial score (nSPS) is 10.9. The van der Waals surface area contributed by atoms with E-state index in [0.717, 1.165) is 12.3 Å². The molecule has 110 valence electrons. The molecule has 0 radical (unpaired) electrons. The first kappa shape index (κ1) is 14.8. The fraction of sp³-hybridized carbons (Fsp3) is 0.0769. The predicted octanol–water partition coefficient (Wildman–Crippen LogP) is 0.962. The minimum absolute atomic E-state index is 0.0907. The van der Waals surface area contributed by atoms with E-state index < -0.39 is 21.6 Å². The Balaban J connectivity index is 2.40. The highest BCUT2D eigenvalue weighted by atomic mass is 32.2. The van der Waals surface area contributed by atoms with Crippen LogP contribution in [0.15, 0.2) is 52.3 Å². The SMILES string of the molecule is COC(=O)c1ccccc1NS(=O)(=O)c1ccc(=O)[nH]c1. The quantitative estimate of drug-likeness (QED) is 0.819. The van der Waals surface area contributed by atoms with E-state index in [1.54, 1.807) is 12.1 Å². The topological polar surface area (TPSA) is 105 Å². The molecule has 0 amide bonds. The zero-order chi connectivity index (χ0) is 15.5. The van der Waals surface area contributed by atoms with Gasteiger partial charge in [0.1, 0.15) is 4.90 Å². The van der Waals surface area contributed by atoms with Gasteiger partial charge in [0.05, 0.1) is 18.4 Å². The van der Waals surface area contributed by atoms with Gasteiger partial charge in [-0.1, -0.05) is 12.1 Å². The van der Waals surface area contributed by atoms with Crippen LogP contribution in [0, 0.1) is 0 Å². The summed E-state index contributed by atoms with van der Waals surface area (Å²) in [5, 5.41) is 0. The summed E-state index contributed by atoms with van der Waals surface area (Å²) >= 11 is 0. The second kappa shape index (κ2) is 5.80. The molecule has 0 bridgehead atoms. The number of hydrogen-bond donors (Lipinski definition) is 2. The van der Waals surface area contributed by atoms with Crippen LogP contribution in [0.5, 0.6) is 0 Å². The van der Waals surface area contributed by atoms with Gasteiger partial charge >= 0.3 is 5.97 Å². The van der Waals surface area contributed by atoms with E-state index in [1.807, 2.05) is 0 Å². The molecular formula is C13H12N2O5S. The third-order valence-corrected chi connectivity index (χ3v) is 4.01. The first-order valence-corrected chi connectivity index (χ1v) is 7.31. The number of sulfonamides is 1. The first-order valence-electron chi connectivity index (χ1n) is 5.83. The van der Waals surface area contributed by atoms with Crippen molar-refractivity contribution in [1.29, 1.82) is 0 Å². The highest BCUT2D eigenvalue weighted by molar-refractivity contribution is 7.92. The number of carbonyl (C=O) groups excluding carboxylic acids is 1. The maximum Gasteiger partial charge on any atom is 0.339 e. The molecule has 0 saturated carbocycles. The van der Waals surface area contributed by atoms with Gasteiger partial charge in [-0.25, -0.2) is 13.2 Å². The van der Waals surface area contributed by atoms with Crippen LogP contribution >= 0.6 is 0 Å². The van der Waals surface area contributed by atoms with Crippen molar-refractivity contribution in [2.24, 2.45) is 0 Å². The lowest BCUT2D eigenvalue weighted by atomic mass is 10.2. The number of anilines is 1. The van der Waals surface area contributed by atoms with Crippen molar-refractivity contribution in [1.82, 2.24) is 4.98 Å². The molecule has 0 saturated heterocycles. The number of aromatic nitrogens is 1. The maximum absolute atomic E-state index is 12.2. The van der Waals surface area contributed by atoms with Crippen LogP contribution in [-0.4, -0.2) is 26.5 Å². The Kier molecular flexibility index (Phi) is 4.08. The lowest BCUT2D eigenvalue weighted by Crippen LogP contribution is -2.17. The zero-order valence-electron chi connectivity index (χ0n) is 11.0. The van der Waals surface area contributed by atoms with E-state index >= 15 is 0 Å². The van der Waals surface area contributed by atoms with Gasteiger partial charge in [0.25, 0.3) is 10.0 Å². The number of para-hydroxylation sites is 1. The summed E-state index contributed by atoms with van der Waals surface area (Å²) in [5.41, 5.74) is -0.229. The molecule has 8 heteroatoms. The molecule has 2 N–H and O–H groups in total. The zero-order valence-corrected chi connectivity index (χ0v) is 11.8. The molecule has 1 aromatic carbocycles. The van der Waals surface area contributed by atoms with Gasteiger partial charge in [0.2, 0.25) is 5.56 Å². The van der Waals surface area contributed by atoms with E-state index in [4.69, 9.17) is 0 Å². The Morgan fingerprint density at radius 2 is 1.90 bits per heavy atom. The molecule has 1 aromatic heterocycles. The first-order chi connectivity index (χ1) is 9.94. The molecule has 2 aromatic rings. The number of hydrogen-bond acceptors (Lipinski definition) is 5. The molecule has 7 nitrogen and oxygen atoms in total. The lowest BCUT2D eigenvalue weighted by molar-refractivity contribution is 0.0602. The van der Waals surface area contributed by atoms with Crippen molar-refractivity contribution >= 4 is 21.7 Å². The van der Waals surface area contributed by atoms with Crippen molar-refractivity contribution in [3.63, 3.8) is 0 Å². The minimum atomic E-state index is -3.92. The number of nitrogens with one attached hydrogen (secondary N) is 2. The monoisotopic (exact) mass is 308 g/mol. The Labute approximate surface area is 120 Å². The predicted molar refractivity (Wildman–Crippen MR) is 75.7 cm³/mol. The average molecular weight is 308 g/mol. The minimum Gasteiger partial charge on any atom is -0.465 e. The number of rotatable bonds is 4. The van der Waals surface area contributed by atoms with Crippen LogP contribution in [-0.2, 0) is 14.8 Å².